The van der Waals surface area contributed by atoms with Gasteiger partial charge in [0.25, 0.3) is 10.2 Å². The molecule has 29 heavy (non-hydrogen) atoms. The minimum absolute atomic E-state index is 0.212. The maximum Gasteiger partial charge on any atom is 0.282 e. The molecule has 8 heteroatoms. The Morgan fingerprint density at radius 1 is 1.03 bits per heavy atom. The molecule has 0 spiro atoms. The van der Waals surface area contributed by atoms with Crippen LogP contribution in [-0.4, -0.2) is 49.7 Å². The molecule has 1 heterocycles. The van der Waals surface area contributed by atoms with Crippen LogP contribution in [0.5, 0.6) is 5.75 Å². The molecule has 7 nitrogen and oxygen atoms in total. The molecule has 0 aromatic heterocycles. The highest BCUT2D eigenvalue weighted by Gasteiger charge is 2.37. The Hall–Kier alpha value is -2.42. The molecule has 0 bridgehead atoms. The van der Waals surface area contributed by atoms with Gasteiger partial charge >= 0.3 is 0 Å². The number of hydrogen-bond acceptors (Lipinski definition) is 4. The summed E-state index contributed by atoms with van der Waals surface area (Å²) < 4.78 is 33.6. The summed E-state index contributed by atoms with van der Waals surface area (Å²) in [5.74, 6) is 0.311. The number of nitrogens with zero attached hydrogens (tertiary/aromatic N) is 2. The molecule has 156 valence electrons. The van der Waals surface area contributed by atoms with Gasteiger partial charge in [0.1, 0.15) is 5.75 Å². The molecule has 1 aliphatic heterocycles. The van der Waals surface area contributed by atoms with Crippen LogP contribution < -0.4 is 10.1 Å². The summed E-state index contributed by atoms with van der Waals surface area (Å²) in [7, 11) is -2.12. The van der Waals surface area contributed by atoms with Gasteiger partial charge in [0, 0.05) is 25.3 Å². The van der Waals surface area contributed by atoms with Gasteiger partial charge in [0.2, 0.25) is 5.91 Å². The molecule has 1 saturated heterocycles. The topological polar surface area (TPSA) is 79.0 Å². The van der Waals surface area contributed by atoms with Crippen LogP contribution in [0.25, 0.3) is 0 Å². The van der Waals surface area contributed by atoms with E-state index >= 15 is 0 Å². The molecule has 0 unspecified atom stereocenters. The molecule has 0 radical (unpaired) electrons. The van der Waals surface area contributed by atoms with Crippen LogP contribution in [0.2, 0.25) is 0 Å². The van der Waals surface area contributed by atoms with Crippen LogP contribution in [0, 0.1) is 20.8 Å². The first-order valence-electron chi connectivity index (χ1n) is 9.46. The summed E-state index contributed by atoms with van der Waals surface area (Å²) in [6, 6.07) is 11.0. The second-order valence-corrected chi connectivity index (χ2v) is 9.26. The smallest absolute Gasteiger partial charge is 0.282 e. The van der Waals surface area contributed by atoms with Crippen LogP contribution in [0.1, 0.15) is 22.3 Å². The lowest BCUT2D eigenvalue weighted by atomic mass is 10.00. The van der Waals surface area contributed by atoms with Crippen molar-refractivity contribution in [3.05, 3.63) is 58.7 Å². The first-order valence-corrected chi connectivity index (χ1v) is 10.9. The number of aryl methyl sites for hydroxylation is 3. The molecule has 3 rings (SSSR count). The zero-order chi connectivity index (χ0) is 21.2. The van der Waals surface area contributed by atoms with E-state index in [0.717, 1.165) is 22.3 Å². The Balaban J connectivity index is 1.66. The summed E-state index contributed by atoms with van der Waals surface area (Å²) in [4.78, 5) is 12.4. The number of carbonyl (C=O) groups excluding carboxylic acids is 1. The van der Waals surface area contributed by atoms with Crippen molar-refractivity contribution in [1.82, 2.24) is 8.61 Å². The summed E-state index contributed by atoms with van der Waals surface area (Å²) in [5, 5.41) is 2.73. The first-order chi connectivity index (χ1) is 13.7. The minimum atomic E-state index is -3.68. The quantitative estimate of drug-likeness (QED) is 0.784. The van der Waals surface area contributed by atoms with Gasteiger partial charge in [-0.2, -0.15) is 17.0 Å². The molecule has 1 aliphatic rings. The second-order valence-electron chi connectivity index (χ2n) is 7.33. The number of ether oxygens (including phenoxy) is 1. The van der Waals surface area contributed by atoms with Gasteiger partial charge in [-0.25, -0.2) is 0 Å². The SMILES string of the molecule is COc1ccc(NC(=O)CN2CCN(Cc3c(C)cc(C)cc3C)S2(=O)=O)cc1. The standard InChI is InChI=1S/C21H27N3O4S/c1-15-11-16(2)20(17(3)12-15)13-23-9-10-24(29(23,26)27)14-21(25)22-18-5-7-19(28-4)8-6-18/h5-8,11-12H,9-10,13-14H2,1-4H3,(H,22,25). The van der Waals surface area contributed by atoms with Crippen molar-refractivity contribution in [2.24, 2.45) is 0 Å². The van der Waals surface area contributed by atoms with Gasteiger partial charge < -0.3 is 10.1 Å². The van der Waals surface area contributed by atoms with Gasteiger partial charge in [0.15, 0.2) is 0 Å². The number of rotatable bonds is 6. The lowest BCUT2D eigenvalue weighted by molar-refractivity contribution is -0.116. The Labute approximate surface area is 172 Å². The van der Waals surface area contributed by atoms with E-state index in [1.807, 2.05) is 20.8 Å². The number of methoxy groups -OCH3 is 1. The third-order valence-electron chi connectivity index (χ3n) is 5.12. The fourth-order valence-corrected chi connectivity index (χ4v) is 5.13. The summed E-state index contributed by atoms with van der Waals surface area (Å²) >= 11 is 0. The lowest BCUT2D eigenvalue weighted by Crippen LogP contribution is -2.38. The lowest BCUT2D eigenvalue weighted by Gasteiger charge is -2.20. The van der Waals surface area contributed by atoms with Crippen LogP contribution >= 0.6 is 0 Å². The molecule has 0 saturated carbocycles. The van der Waals surface area contributed by atoms with E-state index in [1.54, 1.807) is 31.4 Å². The molecule has 2 aromatic rings. The van der Waals surface area contributed by atoms with Crippen LogP contribution in [0.3, 0.4) is 0 Å². The molecule has 0 atom stereocenters. The molecular formula is C21H27N3O4S. The van der Waals surface area contributed by atoms with Crippen molar-refractivity contribution in [2.45, 2.75) is 27.3 Å². The van der Waals surface area contributed by atoms with Gasteiger partial charge in [-0.05, 0) is 61.7 Å². The number of nitrogens with one attached hydrogen (secondary N) is 1. The average molecular weight is 418 g/mol. The minimum Gasteiger partial charge on any atom is -0.497 e. The van der Waals surface area contributed by atoms with E-state index in [0.29, 0.717) is 31.1 Å². The number of benzene rings is 2. The van der Waals surface area contributed by atoms with Crippen molar-refractivity contribution in [3.63, 3.8) is 0 Å². The molecule has 1 N–H and O–H groups in total. The van der Waals surface area contributed by atoms with E-state index < -0.39 is 10.2 Å². The number of amides is 1. The van der Waals surface area contributed by atoms with Crippen molar-refractivity contribution in [2.75, 3.05) is 32.1 Å². The number of hydrogen-bond donors (Lipinski definition) is 1. The van der Waals surface area contributed by atoms with Gasteiger partial charge in [-0.1, -0.05) is 17.7 Å². The predicted molar refractivity (Wildman–Crippen MR) is 113 cm³/mol. The Bertz CT molecular complexity index is 980. The average Bonchev–Trinajstić information content (AvgIpc) is 2.92. The monoisotopic (exact) mass is 417 g/mol. The molecule has 2 aromatic carbocycles. The summed E-state index contributed by atoms with van der Waals surface area (Å²) in [5.41, 5.74) is 4.92. The maximum atomic E-state index is 12.9. The highest BCUT2D eigenvalue weighted by molar-refractivity contribution is 7.87. The molecule has 1 amide bonds. The van der Waals surface area contributed by atoms with Crippen LogP contribution in [-0.2, 0) is 21.5 Å². The second kappa shape index (κ2) is 8.52. The zero-order valence-electron chi connectivity index (χ0n) is 17.2. The first kappa shape index (κ1) is 21.3. The van der Waals surface area contributed by atoms with Gasteiger partial charge in [-0.3, -0.25) is 4.79 Å². The number of carbonyl (C=O) groups is 1. The Morgan fingerprint density at radius 2 is 1.62 bits per heavy atom. The van der Waals surface area contributed by atoms with E-state index in [1.165, 1.54) is 8.61 Å². The predicted octanol–water partition coefficient (Wildman–Crippen LogP) is 2.62. The normalized spacial score (nSPS) is 16.7. The third kappa shape index (κ3) is 4.77. The van der Waals surface area contributed by atoms with E-state index in [9.17, 15) is 13.2 Å². The maximum absolute atomic E-state index is 12.9. The molecular weight excluding hydrogens is 390 g/mol. The van der Waals surface area contributed by atoms with Crippen molar-refractivity contribution in [1.29, 1.82) is 0 Å². The van der Waals surface area contributed by atoms with Crippen molar-refractivity contribution < 1.29 is 17.9 Å². The fourth-order valence-electron chi connectivity index (χ4n) is 3.61. The van der Waals surface area contributed by atoms with Gasteiger partial charge in [0.05, 0.1) is 13.7 Å². The Morgan fingerprint density at radius 3 is 2.21 bits per heavy atom. The van der Waals surface area contributed by atoms with Crippen LogP contribution in [0.15, 0.2) is 36.4 Å². The Kier molecular flexibility index (Phi) is 6.26. The van der Waals surface area contributed by atoms with Crippen molar-refractivity contribution in [3.8, 4) is 5.75 Å². The zero-order valence-corrected chi connectivity index (χ0v) is 18.0. The van der Waals surface area contributed by atoms with E-state index in [4.69, 9.17) is 4.74 Å². The highest BCUT2D eigenvalue weighted by atomic mass is 32.2. The summed E-state index contributed by atoms with van der Waals surface area (Å²) in [6.45, 7) is 6.79. The fraction of sp³-hybridized carbons (Fsp3) is 0.381. The van der Waals surface area contributed by atoms with Crippen LogP contribution in [0.4, 0.5) is 5.69 Å². The summed E-state index contributed by atoms with van der Waals surface area (Å²) in [6.07, 6.45) is 0. The third-order valence-corrected chi connectivity index (χ3v) is 7.05. The molecule has 1 fully saturated rings. The van der Waals surface area contributed by atoms with Gasteiger partial charge in [-0.15, -0.1) is 0 Å². The highest BCUT2D eigenvalue weighted by Crippen LogP contribution is 2.24. The largest absolute Gasteiger partial charge is 0.497 e. The number of anilines is 1. The van der Waals surface area contributed by atoms with E-state index in [-0.39, 0.29) is 12.5 Å². The van der Waals surface area contributed by atoms with Crippen molar-refractivity contribution >= 4 is 21.8 Å². The van der Waals surface area contributed by atoms with E-state index in [2.05, 4.69) is 17.4 Å². The molecule has 0 aliphatic carbocycles.